The second-order valence-corrected chi connectivity index (χ2v) is 6.21. The molecule has 1 aliphatic rings. The van der Waals surface area contributed by atoms with Crippen molar-refractivity contribution in [2.24, 2.45) is 0 Å². The molecule has 114 valence electrons. The molecular weight excluding hydrogens is 290 g/mol. The van der Waals surface area contributed by atoms with Gasteiger partial charge in [0.1, 0.15) is 5.60 Å². The zero-order valence-corrected chi connectivity index (χ0v) is 13.0. The molecule has 0 atom stereocenters. The summed E-state index contributed by atoms with van der Waals surface area (Å²) in [4.78, 5) is 5.49. The summed E-state index contributed by atoms with van der Waals surface area (Å²) >= 11 is 1.46. The number of nitrogen functional groups attached to an aromatic ring is 1. The first-order valence-electron chi connectivity index (χ1n) is 7.07. The molecule has 0 unspecified atom stereocenters. The van der Waals surface area contributed by atoms with E-state index in [-0.39, 0.29) is 0 Å². The Morgan fingerprint density at radius 1 is 1.43 bits per heavy atom. The highest BCUT2D eigenvalue weighted by Crippen LogP contribution is 2.37. The van der Waals surface area contributed by atoms with Crippen LogP contribution in [0.3, 0.4) is 0 Å². The van der Waals surface area contributed by atoms with Crippen molar-refractivity contribution in [3.8, 4) is 10.8 Å². The van der Waals surface area contributed by atoms with Crippen LogP contribution >= 0.6 is 11.3 Å². The Balaban J connectivity index is 1.94. The summed E-state index contributed by atoms with van der Waals surface area (Å²) in [5, 5.41) is 4.90. The molecule has 0 radical (unpaired) electrons. The molecule has 0 aliphatic carbocycles. The number of nitrogens with two attached hydrogens (primary N) is 1. The highest BCUT2D eigenvalue weighted by atomic mass is 32.1. The third-order valence-electron chi connectivity index (χ3n) is 3.69. The molecule has 0 aromatic carbocycles. The molecule has 2 aromatic rings. The van der Waals surface area contributed by atoms with Gasteiger partial charge in [-0.25, -0.2) is 0 Å². The number of ether oxygens (including phenoxy) is 2. The smallest absolute Gasteiger partial charge is 0.268 e. The van der Waals surface area contributed by atoms with Gasteiger partial charge in [0.25, 0.3) is 5.89 Å². The minimum atomic E-state index is -0.495. The average molecular weight is 309 g/mol. The predicted octanol–water partition coefficient (Wildman–Crippen LogP) is 2.73. The molecule has 7 heteroatoms. The fourth-order valence-electron chi connectivity index (χ4n) is 2.63. The van der Waals surface area contributed by atoms with Gasteiger partial charge in [-0.3, -0.25) is 0 Å². The first-order valence-corrected chi connectivity index (χ1v) is 7.88. The van der Waals surface area contributed by atoms with Crippen LogP contribution in [0.1, 0.15) is 31.2 Å². The molecule has 3 heterocycles. The number of nitrogens with zero attached hydrogens (tertiary/aromatic N) is 2. The number of hydrogen-bond donors (Lipinski definition) is 1. The van der Waals surface area contributed by atoms with Crippen molar-refractivity contribution in [1.82, 2.24) is 10.1 Å². The zero-order chi connectivity index (χ0) is 14.9. The minimum absolute atomic E-state index is 0.495. The lowest BCUT2D eigenvalue weighted by Gasteiger charge is -2.33. The summed E-state index contributed by atoms with van der Waals surface area (Å²) in [6.45, 7) is 5.86. The fraction of sp³-hybridized carbons (Fsp3) is 0.571. The van der Waals surface area contributed by atoms with E-state index in [4.69, 9.17) is 19.7 Å². The van der Waals surface area contributed by atoms with Gasteiger partial charge in [0.2, 0.25) is 5.82 Å². The molecule has 1 saturated heterocycles. The van der Waals surface area contributed by atoms with Crippen LogP contribution in [0.5, 0.6) is 0 Å². The molecule has 0 spiro atoms. The standard InChI is InChI=1S/C14H19N3O3S/c1-3-19-14(4-6-18-7-5-14)13-16-12(20-17-13)11-9(2)8-10(15)21-11/h8H,3-7,15H2,1-2H3. The maximum absolute atomic E-state index is 5.95. The largest absolute Gasteiger partial charge is 0.391 e. The Morgan fingerprint density at radius 3 is 2.81 bits per heavy atom. The Bertz CT molecular complexity index is 611. The van der Waals surface area contributed by atoms with Crippen LogP contribution in [0, 0.1) is 6.92 Å². The molecule has 0 bridgehead atoms. The van der Waals surface area contributed by atoms with Crippen LogP contribution in [0.2, 0.25) is 0 Å². The van der Waals surface area contributed by atoms with Crippen molar-refractivity contribution < 1.29 is 14.0 Å². The molecule has 0 amide bonds. The number of rotatable bonds is 4. The van der Waals surface area contributed by atoms with Crippen molar-refractivity contribution >= 4 is 16.3 Å². The van der Waals surface area contributed by atoms with E-state index < -0.39 is 5.60 Å². The molecule has 21 heavy (non-hydrogen) atoms. The zero-order valence-electron chi connectivity index (χ0n) is 12.2. The molecule has 1 fully saturated rings. The van der Waals surface area contributed by atoms with Crippen LogP contribution < -0.4 is 5.73 Å². The lowest BCUT2D eigenvalue weighted by atomic mass is 9.93. The molecule has 2 N–H and O–H groups in total. The SMILES string of the molecule is CCOC1(c2noc(-c3sc(N)cc3C)n2)CCOCC1. The van der Waals surface area contributed by atoms with Crippen LogP contribution in [0.25, 0.3) is 10.8 Å². The second-order valence-electron chi connectivity index (χ2n) is 5.12. The lowest BCUT2D eigenvalue weighted by Crippen LogP contribution is -2.37. The summed E-state index contributed by atoms with van der Waals surface area (Å²) in [5.41, 5.74) is 6.38. The number of aryl methyl sites for hydroxylation is 1. The topological polar surface area (TPSA) is 83.4 Å². The van der Waals surface area contributed by atoms with Gasteiger partial charge in [-0.05, 0) is 25.5 Å². The Kier molecular flexibility index (Phi) is 3.97. The van der Waals surface area contributed by atoms with Crippen LogP contribution in [0.4, 0.5) is 5.00 Å². The summed E-state index contributed by atoms with van der Waals surface area (Å²) in [5.74, 6) is 1.11. The van der Waals surface area contributed by atoms with E-state index >= 15 is 0 Å². The van der Waals surface area contributed by atoms with E-state index in [1.54, 1.807) is 0 Å². The number of anilines is 1. The molecule has 1 aliphatic heterocycles. The Labute approximate surface area is 127 Å². The summed E-state index contributed by atoms with van der Waals surface area (Å²) in [6.07, 6.45) is 1.48. The Hall–Kier alpha value is -1.44. The van der Waals surface area contributed by atoms with Gasteiger partial charge < -0.3 is 19.7 Å². The van der Waals surface area contributed by atoms with E-state index in [1.807, 2.05) is 19.9 Å². The van der Waals surface area contributed by atoms with Crippen LogP contribution in [-0.4, -0.2) is 30.0 Å². The molecule has 2 aromatic heterocycles. The molecule has 0 saturated carbocycles. The van der Waals surface area contributed by atoms with Crippen LogP contribution in [0.15, 0.2) is 10.6 Å². The first kappa shape index (κ1) is 14.5. The average Bonchev–Trinajstić information content (AvgIpc) is 3.07. The van der Waals surface area contributed by atoms with Crippen molar-refractivity contribution in [2.45, 2.75) is 32.3 Å². The fourth-order valence-corrected chi connectivity index (χ4v) is 3.49. The van der Waals surface area contributed by atoms with Gasteiger partial charge >= 0.3 is 0 Å². The summed E-state index contributed by atoms with van der Waals surface area (Å²) < 4.78 is 16.8. The van der Waals surface area contributed by atoms with E-state index in [9.17, 15) is 0 Å². The third-order valence-corrected chi connectivity index (χ3v) is 4.74. The van der Waals surface area contributed by atoms with Gasteiger partial charge in [-0.15, -0.1) is 11.3 Å². The molecule has 6 nitrogen and oxygen atoms in total. The van der Waals surface area contributed by atoms with Gasteiger partial charge in [0, 0.05) is 32.7 Å². The van der Waals surface area contributed by atoms with E-state index in [0.29, 0.717) is 31.5 Å². The van der Waals surface area contributed by atoms with Crippen molar-refractivity contribution in [3.63, 3.8) is 0 Å². The third kappa shape index (κ3) is 2.68. The van der Waals surface area contributed by atoms with Crippen LogP contribution in [-0.2, 0) is 15.1 Å². The van der Waals surface area contributed by atoms with Gasteiger partial charge in [0.15, 0.2) is 0 Å². The van der Waals surface area contributed by atoms with Gasteiger partial charge in [-0.1, -0.05) is 5.16 Å². The van der Waals surface area contributed by atoms with Gasteiger partial charge in [0.05, 0.1) is 9.88 Å². The molecule has 3 rings (SSSR count). The normalized spacial score (nSPS) is 18.0. The highest BCUT2D eigenvalue weighted by Gasteiger charge is 2.40. The quantitative estimate of drug-likeness (QED) is 0.935. The Morgan fingerprint density at radius 2 is 2.19 bits per heavy atom. The van der Waals surface area contributed by atoms with E-state index in [0.717, 1.165) is 28.3 Å². The second kappa shape index (κ2) is 5.75. The predicted molar refractivity (Wildman–Crippen MR) is 80.1 cm³/mol. The van der Waals surface area contributed by atoms with E-state index in [2.05, 4.69) is 10.1 Å². The maximum atomic E-state index is 5.95. The molecular formula is C14H19N3O3S. The number of hydrogen-bond acceptors (Lipinski definition) is 7. The minimum Gasteiger partial charge on any atom is -0.391 e. The number of thiophene rings is 1. The van der Waals surface area contributed by atoms with E-state index in [1.165, 1.54) is 11.3 Å². The maximum Gasteiger partial charge on any atom is 0.268 e. The monoisotopic (exact) mass is 309 g/mol. The first-order chi connectivity index (χ1) is 10.1. The summed E-state index contributed by atoms with van der Waals surface area (Å²) in [6, 6.07) is 1.91. The van der Waals surface area contributed by atoms with Crippen molar-refractivity contribution in [3.05, 3.63) is 17.5 Å². The lowest BCUT2D eigenvalue weighted by molar-refractivity contribution is -0.118. The highest BCUT2D eigenvalue weighted by molar-refractivity contribution is 7.19. The summed E-state index contributed by atoms with van der Waals surface area (Å²) in [7, 11) is 0. The van der Waals surface area contributed by atoms with Crippen molar-refractivity contribution in [2.75, 3.05) is 25.6 Å². The van der Waals surface area contributed by atoms with Gasteiger partial charge in [-0.2, -0.15) is 4.98 Å². The number of aromatic nitrogens is 2. The van der Waals surface area contributed by atoms with Crippen molar-refractivity contribution in [1.29, 1.82) is 0 Å².